The van der Waals surface area contributed by atoms with Crippen LogP contribution in [0, 0.1) is 0 Å². The Morgan fingerprint density at radius 3 is 2.67 bits per heavy atom. The van der Waals surface area contributed by atoms with Crippen molar-refractivity contribution in [3.05, 3.63) is 35.4 Å². The van der Waals surface area contributed by atoms with Crippen molar-refractivity contribution < 1.29 is 15.0 Å². The van der Waals surface area contributed by atoms with E-state index in [1.807, 2.05) is 24.3 Å². The van der Waals surface area contributed by atoms with Gasteiger partial charge in [-0.15, -0.1) is 0 Å². The van der Waals surface area contributed by atoms with E-state index in [1.54, 1.807) is 0 Å². The maximum Gasteiger partial charge on any atom is 0.303 e. The molecule has 18 heavy (non-hydrogen) atoms. The number of rotatable bonds is 9. The van der Waals surface area contributed by atoms with Gasteiger partial charge in [0.25, 0.3) is 0 Å². The van der Waals surface area contributed by atoms with Crippen molar-refractivity contribution in [2.75, 3.05) is 6.54 Å². The molecule has 0 radical (unpaired) electrons. The summed E-state index contributed by atoms with van der Waals surface area (Å²) in [5.41, 5.74) is 2.09. The number of aliphatic carboxylic acids is 1. The van der Waals surface area contributed by atoms with Gasteiger partial charge in [-0.25, -0.2) is 0 Å². The molecule has 1 rings (SSSR count). The molecular weight excluding hydrogens is 230 g/mol. The van der Waals surface area contributed by atoms with Crippen LogP contribution in [0.25, 0.3) is 0 Å². The second kappa shape index (κ2) is 8.66. The van der Waals surface area contributed by atoms with Crippen LogP contribution in [0.3, 0.4) is 0 Å². The summed E-state index contributed by atoms with van der Waals surface area (Å²) < 4.78 is 0. The van der Waals surface area contributed by atoms with Crippen molar-refractivity contribution in [3.63, 3.8) is 0 Å². The topological polar surface area (TPSA) is 69.6 Å². The van der Waals surface area contributed by atoms with Crippen LogP contribution in [-0.4, -0.2) is 22.7 Å². The van der Waals surface area contributed by atoms with E-state index >= 15 is 0 Å². The first-order chi connectivity index (χ1) is 8.72. The van der Waals surface area contributed by atoms with Crippen LogP contribution < -0.4 is 5.32 Å². The van der Waals surface area contributed by atoms with Gasteiger partial charge in [0.15, 0.2) is 0 Å². The lowest BCUT2D eigenvalue weighted by Crippen LogP contribution is -2.14. The molecule has 0 saturated carbocycles. The molecule has 0 saturated heterocycles. The van der Waals surface area contributed by atoms with Crippen molar-refractivity contribution in [2.45, 2.75) is 38.8 Å². The van der Waals surface area contributed by atoms with E-state index in [-0.39, 0.29) is 13.0 Å². The van der Waals surface area contributed by atoms with Gasteiger partial charge in [0.1, 0.15) is 0 Å². The molecule has 0 atom stereocenters. The fraction of sp³-hybridized carbons (Fsp3) is 0.500. The summed E-state index contributed by atoms with van der Waals surface area (Å²) >= 11 is 0. The van der Waals surface area contributed by atoms with Crippen LogP contribution in [-0.2, 0) is 17.9 Å². The first kappa shape index (κ1) is 14.7. The van der Waals surface area contributed by atoms with Gasteiger partial charge in [0.05, 0.1) is 6.61 Å². The maximum absolute atomic E-state index is 10.3. The Kier molecular flexibility index (Phi) is 7.06. The summed E-state index contributed by atoms with van der Waals surface area (Å²) in [4.78, 5) is 10.3. The Hall–Kier alpha value is -1.39. The van der Waals surface area contributed by atoms with Crippen LogP contribution in [0.1, 0.15) is 36.8 Å². The number of benzene rings is 1. The number of carboxylic acid groups (broad SMARTS) is 1. The minimum atomic E-state index is -0.719. The summed E-state index contributed by atoms with van der Waals surface area (Å²) in [6.07, 6.45) is 2.94. The Morgan fingerprint density at radius 1 is 1.17 bits per heavy atom. The highest BCUT2D eigenvalue weighted by Crippen LogP contribution is 2.05. The van der Waals surface area contributed by atoms with Gasteiger partial charge >= 0.3 is 5.97 Å². The van der Waals surface area contributed by atoms with Crippen molar-refractivity contribution in [2.24, 2.45) is 0 Å². The van der Waals surface area contributed by atoms with Crippen molar-refractivity contribution in [1.29, 1.82) is 0 Å². The lowest BCUT2D eigenvalue weighted by Gasteiger charge is -2.06. The molecule has 3 N–H and O–H groups in total. The van der Waals surface area contributed by atoms with Gasteiger partial charge in [-0.05, 0) is 30.5 Å². The number of carboxylic acids is 1. The van der Waals surface area contributed by atoms with Crippen molar-refractivity contribution in [1.82, 2.24) is 5.32 Å². The first-order valence-corrected chi connectivity index (χ1v) is 6.33. The smallest absolute Gasteiger partial charge is 0.303 e. The number of aliphatic hydroxyl groups is 1. The van der Waals surface area contributed by atoms with Crippen LogP contribution in [0.2, 0.25) is 0 Å². The van der Waals surface area contributed by atoms with E-state index in [4.69, 9.17) is 10.2 Å². The highest BCUT2D eigenvalue weighted by molar-refractivity contribution is 5.66. The number of hydrogen-bond donors (Lipinski definition) is 3. The van der Waals surface area contributed by atoms with Gasteiger partial charge in [-0.2, -0.15) is 0 Å². The molecule has 0 amide bonds. The van der Waals surface area contributed by atoms with E-state index < -0.39 is 5.97 Å². The summed E-state index contributed by atoms with van der Waals surface area (Å²) in [5, 5.41) is 20.8. The molecular formula is C14H21NO3. The standard InChI is InChI=1S/C14H21NO3/c16-11-13-6-4-5-12(9-13)10-15-8-3-1-2-7-14(17)18/h4-6,9,15-16H,1-3,7-8,10-11H2,(H,17,18). The fourth-order valence-corrected chi connectivity index (χ4v) is 1.77. The van der Waals surface area contributed by atoms with E-state index in [9.17, 15) is 4.79 Å². The van der Waals surface area contributed by atoms with Crippen LogP contribution in [0.4, 0.5) is 0 Å². The highest BCUT2D eigenvalue weighted by atomic mass is 16.4. The Bertz CT molecular complexity index is 366. The molecule has 0 aromatic heterocycles. The van der Waals surface area contributed by atoms with Crippen molar-refractivity contribution >= 4 is 5.97 Å². The van der Waals surface area contributed by atoms with Crippen LogP contribution in [0.5, 0.6) is 0 Å². The number of unbranched alkanes of at least 4 members (excludes halogenated alkanes) is 2. The second-order valence-electron chi connectivity index (χ2n) is 4.36. The van der Waals surface area contributed by atoms with E-state index in [0.29, 0.717) is 0 Å². The van der Waals surface area contributed by atoms with E-state index in [1.165, 1.54) is 0 Å². The number of carbonyl (C=O) groups is 1. The summed E-state index contributed by atoms with van der Waals surface area (Å²) in [6.45, 7) is 1.75. The first-order valence-electron chi connectivity index (χ1n) is 6.33. The zero-order valence-corrected chi connectivity index (χ0v) is 10.6. The summed E-state index contributed by atoms with van der Waals surface area (Å²) in [5.74, 6) is -0.719. The lowest BCUT2D eigenvalue weighted by molar-refractivity contribution is -0.137. The fourth-order valence-electron chi connectivity index (χ4n) is 1.77. The molecule has 1 aromatic rings. The monoisotopic (exact) mass is 251 g/mol. The third-order valence-electron chi connectivity index (χ3n) is 2.75. The van der Waals surface area contributed by atoms with Gasteiger partial charge < -0.3 is 15.5 Å². The Labute approximate surface area is 108 Å². The average Bonchev–Trinajstić information content (AvgIpc) is 2.37. The van der Waals surface area contributed by atoms with Crippen molar-refractivity contribution in [3.8, 4) is 0 Å². The Balaban J connectivity index is 2.08. The molecule has 0 heterocycles. The van der Waals surface area contributed by atoms with Gasteiger partial charge in [-0.1, -0.05) is 30.7 Å². The molecule has 0 aliphatic carbocycles. The normalized spacial score (nSPS) is 10.5. The molecule has 0 aliphatic heterocycles. The zero-order chi connectivity index (χ0) is 13.2. The van der Waals surface area contributed by atoms with Gasteiger partial charge in [0.2, 0.25) is 0 Å². The molecule has 4 heteroatoms. The number of aliphatic hydroxyl groups excluding tert-OH is 1. The number of hydrogen-bond acceptors (Lipinski definition) is 3. The molecule has 0 bridgehead atoms. The Morgan fingerprint density at radius 2 is 1.94 bits per heavy atom. The largest absolute Gasteiger partial charge is 0.481 e. The molecule has 1 aromatic carbocycles. The molecule has 0 aliphatic rings. The zero-order valence-electron chi connectivity index (χ0n) is 10.6. The minimum Gasteiger partial charge on any atom is -0.481 e. The third kappa shape index (κ3) is 6.37. The van der Waals surface area contributed by atoms with E-state index in [2.05, 4.69) is 5.32 Å². The molecule has 0 fully saturated rings. The van der Waals surface area contributed by atoms with Gasteiger partial charge in [0, 0.05) is 13.0 Å². The summed E-state index contributed by atoms with van der Waals surface area (Å²) in [7, 11) is 0. The summed E-state index contributed by atoms with van der Waals surface area (Å²) in [6, 6.07) is 7.85. The van der Waals surface area contributed by atoms with E-state index in [0.717, 1.165) is 43.5 Å². The minimum absolute atomic E-state index is 0.0724. The second-order valence-corrected chi connectivity index (χ2v) is 4.36. The predicted molar refractivity (Wildman–Crippen MR) is 70.2 cm³/mol. The molecule has 0 unspecified atom stereocenters. The van der Waals surface area contributed by atoms with Crippen LogP contribution >= 0.6 is 0 Å². The SMILES string of the molecule is O=C(O)CCCCCNCc1cccc(CO)c1. The third-order valence-corrected chi connectivity index (χ3v) is 2.75. The molecule has 100 valence electrons. The predicted octanol–water partition coefficient (Wildman–Crippen LogP) is 1.91. The highest BCUT2D eigenvalue weighted by Gasteiger charge is 1.97. The lowest BCUT2D eigenvalue weighted by atomic mass is 10.1. The molecule has 0 spiro atoms. The molecule has 4 nitrogen and oxygen atoms in total. The maximum atomic E-state index is 10.3. The number of nitrogens with one attached hydrogen (secondary N) is 1. The average molecular weight is 251 g/mol. The quantitative estimate of drug-likeness (QED) is 0.586. The van der Waals surface area contributed by atoms with Crippen LogP contribution in [0.15, 0.2) is 24.3 Å². The van der Waals surface area contributed by atoms with Gasteiger partial charge in [-0.3, -0.25) is 4.79 Å².